The third kappa shape index (κ3) is 6.25. The van der Waals surface area contributed by atoms with E-state index in [9.17, 15) is 14.9 Å². The summed E-state index contributed by atoms with van der Waals surface area (Å²) in [5.74, 6) is -0.350. The lowest BCUT2D eigenvalue weighted by Gasteiger charge is -2.54. The van der Waals surface area contributed by atoms with Crippen LogP contribution in [0, 0.1) is 28.1 Å². The topological polar surface area (TPSA) is 115 Å². The van der Waals surface area contributed by atoms with E-state index in [1.807, 2.05) is 32.9 Å². The van der Waals surface area contributed by atoms with Crippen molar-refractivity contribution in [3.8, 4) is 12.1 Å². The highest BCUT2D eigenvalue weighted by atomic mass is 16.6. The first-order valence-electron chi connectivity index (χ1n) is 13.4. The maximum absolute atomic E-state index is 13.1. The van der Waals surface area contributed by atoms with E-state index in [0.29, 0.717) is 31.6 Å². The molecule has 3 saturated carbocycles. The average Bonchev–Trinajstić information content (AvgIpc) is 3.15. The van der Waals surface area contributed by atoms with Gasteiger partial charge < -0.3 is 19.7 Å². The molecule has 1 saturated heterocycles. The minimum atomic E-state index is -0.829. The lowest BCUT2D eigenvalue weighted by Crippen LogP contribution is -2.51. The molecule has 2 bridgehead atoms. The van der Waals surface area contributed by atoms with E-state index in [-0.39, 0.29) is 23.3 Å². The molecule has 2 atom stereocenters. The molecule has 1 aromatic rings. The zero-order valence-corrected chi connectivity index (χ0v) is 22.2. The molecule has 198 valence electrons. The Balaban J connectivity index is 1.35. The monoisotopic (exact) mass is 506 g/mol. The van der Waals surface area contributed by atoms with Crippen molar-refractivity contribution < 1.29 is 19.1 Å². The van der Waals surface area contributed by atoms with Gasteiger partial charge in [0.25, 0.3) is 5.91 Å². The molecule has 37 heavy (non-hydrogen) atoms. The lowest BCUT2D eigenvalue weighted by atomic mass is 9.50. The summed E-state index contributed by atoms with van der Waals surface area (Å²) in [5, 5.41) is 21.9. The van der Waals surface area contributed by atoms with Crippen molar-refractivity contribution in [2.24, 2.45) is 5.41 Å². The maximum atomic E-state index is 13.1. The van der Waals surface area contributed by atoms with Gasteiger partial charge in [-0.3, -0.25) is 4.79 Å². The summed E-state index contributed by atoms with van der Waals surface area (Å²) in [7, 11) is 0. The Kier molecular flexibility index (Phi) is 7.80. The van der Waals surface area contributed by atoms with Crippen molar-refractivity contribution in [1.29, 1.82) is 10.5 Å². The van der Waals surface area contributed by atoms with Gasteiger partial charge >= 0.3 is 6.09 Å². The number of nitrogens with zero attached hydrogens (tertiary/aromatic N) is 3. The molecule has 0 unspecified atom stereocenters. The summed E-state index contributed by atoms with van der Waals surface area (Å²) in [6.45, 7) is 6.37. The Labute approximate surface area is 219 Å². The molecule has 1 N–H and O–H groups in total. The average molecular weight is 507 g/mol. The quantitative estimate of drug-likeness (QED) is 0.625. The number of carbonyl (C=O) groups is 2. The Morgan fingerprint density at radius 2 is 1.78 bits per heavy atom. The molecule has 5 rings (SSSR count). The Morgan fingerprint density at radius 3 is 2.35 bits per heavy atom. The van der Waals surface area contributed by atoms with Gasteiger partial charge in [0.05, 0.1) is 24.2 Å². The molecule has 0 radical (unpaired) electrons. The smallest absolute Gasteiger partial charge is 0.410 e. The van der Waals surface area contributed by atoms with E-state index in [4.69, 9.17) is 14.7 Å². The summed E-state index contributed by atoms with van der Waals surface area (Å²) in [4.78, 5) is 27.2. The third-order valence-electron chi connectivity index (χ3n) is 8.36. The van der Waals surface area contributed by atoms with Crippen LogP contribution in [-0.4, -0.2) is 54.3 Å². The Morgan fingerprint density at radius 1 is 1.14 bits per heavy atom. The minimum absolute atomic E-state index is 0.0505. The maximum Gasteiger partial charge on any atom is 0.410 e. The zero-order chi connectivity index (χ0) is 26.7. The van der Waals surface area contributed by atoms with Crippen molar-refractivity contribution in [2.75, 3.05) is 19.7 Å². The predicted molar refractivity (Wildman–Crippen MR) is 137 cm³/mol. The molecular formula is C29H38N4O4. The van der Waals surface area contributed by atoms with Crippen LogP contribution in [0.2, 0.25) is 0 Å². The van der Waals surface area contributed by atoms with Crippen LogP contribution < -0.4 is 5.32 Å². The predicted octanol–water partition coefficient (Wildman–Crippen LogP) is 4.57. The second-order valence-corrected chi connectivity index (χ2v) is 12.0. The van der Waals surface area contributed by atoms with Crippen LogP contribution in [0.5, 0.6) is 0 Å². The van der Waals surface area contributed by atoms with Crippen LogP contribution in [0.15, 0.2) is 24.3 Å². The van der Waals surface area contributed by atoms with Gasteiger partial charge in [0.1, 0.15) is 11.6 Å². The molecule has 1 heterocycles. The molecule has 2 amide bonds. The van der Waals surface area contributed by atoms with Gasteiger partial charge in [-0.05, 0) is 101 Å². The standard InChI is InChI=1S/C29H38N4O4/c1-27(2,3)37-26(35)33-15-4-16-36-24(20-33)25(34)32-23(19-31)17-28-9-12-29(13-10-28,14-11-28)22-7-5-21(18-30)6-8-22/h5-8,23-24H,4,9-17,20H2,1-3H3,(H,32,34)/t23-,24-,28?,29?/m0/s1. The molecule has 1 aromatic carbocycles. The molecule has 0 spiro atoms. The van der Waals surface area contributed by atoms with Crippen molar-refractivity contribution in [3.05, 3.63) is 35.4 Å². The normalized spacial score (nSPS) is 28.4. The number of amides is 2. The van der Waals surface area contributed by atoms with Gasteiger partial charge in [-0.2, -0.15) is 10.5 Å². The number of benzene rings is 1. The molecule has 3 aliphatic carbocycles. The van der Waals surface area contributed by atoms with Crippen LogP contribution in [0.4, 0.5) is 4.79 Å². The van der Waals surface area contributed by atoms with Crippen LogP contribution in [0.25, 0.3) is 0 Å². The SMILES string of the molecule is CC(C)(C)OC(=O)N1CCCO[C@H](C(=O)N[C@H](C#N)CC23CCC(c4ccc(C#N)cc4)(CC2)CC3)C1. The van der Waals surface area contributed by atoms with Gasteiger partial charge in [0.15, 0.2) is 6.10 Å². The molecule has 8 nitrogen and oxygen atoms in total. The number of carbonyl (C=O) groups excluding carboxylic acids is 2. The van der Waals surface area contributed by atoms with Crippen LogP contribution in [0.1, 0.15) is 83.3 Å². The van der Waals surface area contributed by atoms with E-state index in [2.05, 4.69) is 29.6 Å². The molecule has 0 aromatic heterocycles. The molecular weight excluding hydrogens is 468 g/mol. The molecule has 8 heteroatoms. The Hall–Kier alpha value is -3.10. The molecule has 4 aliphatic rings. The third-order valence-corrected chi connectivity index (χ3v) is 8.36. The zero-order valence-electron chi connectivity index (χ0n) is 22.2. The van der Waals surface area contributed by atoms with Gasteiger partial charge in [-0.25, -0.2) is 4.79 Å². The number of hydrogen-bond acceptors (Lipinski definition) is 6. The number of fused-ring (bicyclic) bond motifs is 3. The number of nitrogens with one attached hydrogen (secondary N) is 1. The Bertz CT molecular complexity index is 1050. The van der Waals surface area contributed by atoms with Crippen molar-refractivity contribution in [3.63, 3.8) is 0 Å². The second kappa shape index (κ2) is 10.7. The first-order valence-corrected chi connectivity index (χ1v) is 13.4. The summed E-state index contributed by atoms with van der Waals surface area (Å²) in [6, 6.07) is 11.9. The summed E-state index contributed by atoms with van der Waals surface area (Å²) in [5.41, 5.74) is 1.57. The fourth-order valence-corrected chi connectivity index (χ4v) is 6.20. The number of rotatable bonds is 5. The van der Waals surface area contributed by atoms with Crippen LogP contribution in [0.3, 0.4) is 0 Å². The van der Waals surface area contributed by atoms with Gasteiger partial charge in [-0.1, -0.05) is 12.1 Å². The lowest BCUT2D eigenvalue weighted by molar-refractivity contribution is -0.133. The summed E-state index contributed by atoms with van der Waals surface area (Å²) < 4.78 is 11.2. The summed E-state index contributed by atoms with van der Waals surface area (Å²) >= 11 is 0. The number of nitriles is 2. The fourth-order valence-electron chi connectivity index (χ4n) is 6.20. The highest BCUT2D eigenvalue weighted by Gasteiger charge is 2.50. The van der Waals surface area contributed by atoms with E-state index in [0.717, 1.165) is 38.5 Å². The second-order valence-electron chi connectivity index (χ2n) is 12.0. The van der Waals surface area contributed by atoms with Crippen molar-refractivity contribution in [2.45, 2.75) is 95.3 Å². The van der Waals surface area contributed by atoms with Gasteiger partial charge in [0.2, 0.25) is 0 Å². The first kappa shape index (κ1) is 26.9. The summed E-state index contributed by atoms with van der Waals surface area (Å²) in [6.07, 6.45) is 6.20. The van der Waals surface area contributed by atoms with E-state index in [1.165, 1.54) is 10.5 Å². The molecule has 4 fully saturated rings. The minimum Gasteiger partial charge on any atom is -0.444 e. The van der Waals surface area contributed by atoms with Gasteiger partial charge in [-0.15, -0.1) is 0 Å². The fraction of sp³-hybridized carbons (Fsp3) is 0.655. The van der Waals surface area contributed by atoms with Crippen LogP contribution in [-0.2, 0) is 19.7 Å². The first-order chi connectivity index (χ1) is 17.6. The highest BCUT2D eigenvalue weighted by molar-refractivity contribution is 5.82. The highest BCUT2D eigenvalue weighted by Crippen LogP contribution is 2.59. The van der Waals surface area contributed by atoms with Crippen molar-refractivity contribution in [1.82, 2.24) is 10.2 Å². The van der Waals surface area contributed by atoms with Crippen molar-refractivity contribution >= 4 is 12.0 Å². The molecule has 1 aliphatic heterocycles. The van der Waals surface area contributed by atoms with E-state index in [1.54, 1.807) is 0 Å². The number of hydrogen-bond donors (Lipinski definition) is 1. The van der Waals surface area contributed by atoms with E-state index >= 15 is 0 Å². The van der Waals surface area contributed by atoms with Crippen LogP contribution >= 0.6 is 0 Å². The van der Waals surface area contributed by atoms with E-state index < -0.39 is 23.8 Å². The largest absolute Gasteiger partial charge is 0.444 e. The number of ether oxygens (including phenoxy) is 2. The van der Waals surface area contributed by atoms with Gasteiger partial charge in [0, 0.05) is 13.2 Å².